The Morgan fingerprint density at radius 3 is 2.65 bits per heavy atom. The van der Waals surface area contributed by atoms with Gasteiger partial charge in [-0.25, -0.2) is 0 Å². The minimum absolute atomic E-state index is 0.158. The maximum absolute atomic E-state index is 13.2. The Balaban J connectivity index is 1.72. The molecule has 1 unspecified atom stereocenters. The van der Waals surface area contributed by atoms with Crippen molar-refractivity contribution < 1.29 is 4.79 Å². The van der Waals surface area contributed by atoms with E-state index in [2.05, 4.69) is 29.7 Å². The lowest BCUT2D eigenvalue weighted by Crippen LogP contribution is -2.29. The highest BCUT2D eigenvalue weighted by atomic mass is 35.5. The van der Waals surface area contributed by atoms with Crippen LogP contribution in [0.4, 0.5) is 0 Å². The van der Waals surface area contributed by atoms with Gasteiger partial charge in [0.2, 0.25) is 5.43 Å². The lowest BCUT2D eigenvalue weighted by atomic mass is 10.1. The van der Waals surface area contributed by atoms with Gasteiger partial charge in [-0.15, -0.1) is 11.3 Å². The SMILES string of the molecule is C/C=C\C=C/CCC(C)NCc1sc2c(=O)c(C(=O)NCc3ccc(Cl)cc3)cn(C)c2c1C. The third-order valence-electron chi connectivity index (χ3n) is 5.77. The highest BCUT2D eigenvalue weighted by Crippen LogP contribution is 2.28. The van der Waals surface area contributed by atoms with E-state index in [1.807, 2.05) is 49.7 Å². The third kappa shape index (κ3) is 6.47. The molecular formula is C27H32ClN3O2S. The molecule has 180 valence electrons. The monoisotopic (exact) mass is 497 g/mol. The van der Waals surface area contributed by atoms with Crippen molar-refractivity contribution in [2.24, 2.45) is 7.05 Å². The summed E-state index contributed by atoms with van der Waals surface area (Å²) in [5.74, 6) is -0.372. The summed E-state index contributed by atoms with van der Waals surface area (Å²) in [6.45, 7) is 7.25. The van der Waals surface area contributed by atoms with Crippen LogP contribution in [-0.2, 0) is 20.1 Å². The zero-order valence-corrected chi connectivity index (χ0v) is 21.7. The molecule has 2 aromatic heterocycles. The van der Waals surface area contributed by atoms with E-state index in [0.29, 0.717) is 28.9 Å². The fraction of sp³-hybridized carbons (Fsp3) is 0.333. The van der Waals surface area contributed by atoms with Crippen LogP contribution in [-0.4, -0.2) is 16.5 Å². The number of hydrogen-bond donors (Lipinski definition) is 2. The Labute approximate surface area is 210 Å². The molecule has 3 aromatic rings. The second-order valence-corrected chi connectivity index (χ2v) is 9.97. The van der Waals surface area contributed by atoms with Crippen molar-refractivity contribution in [1.82, 2.24) is 15.2 Å². The standard InChI is InChI=1S/C27H32ClN3O2S/c1-5-6-7-8-9-10-18(2)29-16-23-19(3)24-26(34-23)25(32)22(17-31(24)4)27(33)30-15-20-11-13-21(28)14-12-20/h5-8,11-14,17-18,29H,9-10,15-16H2,1-4H3,(H,30,33)/b6-5-,8-7-. The number of halogens is 1. The molecule has 0 aliphatic rings. The van der Waals surface area contributed by atoms with E-state index < -0.39 is 0 Å². The number of rotatable bonds is 10. The molecule has 0 saturated heterocycles. The van der Waals surface area contributed by atoms with Crippen molar-refractivity contribution in [2.75, 3.05) is 0 Å². The first-order valence-corrected chi connectivity index (χ1v) is 12.7. The molecule has 7 heteroatoms. The van der Waals surface area contributed by atoms with Crippen LogP contribution >= 0.6 is 22.9 Å². The highest BCUT2D eigenvalue weighted by molar-refractivity contribution is 7.19. The number of nitrogens with one attached hydrogen (secondary N) is 2. The molecule has 5 nitrogen and oxygen atoms in total. The molecule has 2 N–H and O–H groups in total. The summed E-state index contributed by atoms with van der Waals surface area (Å²) in [7, 11) is 1.88. The Morgan fingerprint density at radius 1 is 1.21 bits per heavy atom. The van der Waals surface area contributed by atoms with Crippen LogP contribution in [0.2, 0.25) is 5.02 Å². The van der Waals surface area contributed by atoms with Gasteiger partial charge < -0.3 is 15.2 Å². The van der Waals surface area contributed by atoms with Gasteiger partial charge in [-0.1, -0.05) is 48.0 Å². The minimum Gasteiger partial charge on any atom is -0.349 e. The first-order chi connectivity index (χ1) is 16.3. The molecule has 1 amide bonds. The van der Waals surface area contributed by atoms with Gasteiger partial charge in [0.1, 0.15) is 5.56 Å². The van der Waals surface area contributed by atoms with Crippen molar-refractivity contribution in [3.05, 3.63) is 91.6 Å². The van der Waals surface area contributed by atoms with Crippen LogP contribution in [0.15, 0.2) is 59.6 Å². The predicted molar refractivity (Wildman–Crippen MR) is 144 cm³/mol. The summed E-state index contributed by atoms with van der Waals surface area (Å²) in [6.07, 6.45) is 12.0. The number of nitrogens with zero attached hydrogens (tertiary/aromatic N) is 1. The molecule has 0 aliphatic heterocycles. The van der Waals surface area contributed by atoms with E-state index in [-0.39, 0.29) is 16.9 Å². The van der Waals surface area contributed by atoms with Gasteiger partial charge in [-0.2, -0.15) is 0 Å². The molecule has 1 atom stereocenters. The molecule has 0 saturated carbocycles. The number of amides is 1. The predicted octanol–water partition coefficient (Wildman–Crippen LogP) is 5.88. The van der Waals surface area contributed by atoms with Crippen LogP contribution < -0.4 is 16.1 Å². The van der Waals surface area contributed by atoms with Crippen molar-refractivity contribution in [3.8, 4) is 0 Å². The number of hydrogen-bond acceptors (Lipinski definition) is 4. The van der Waals surface area contributed by atoms with Crippen molar-refractivity contribution in [2.45, 2.75) is 52.7 Å². The molecule has 1 aromatic carbocycles. The normalized spacial score (nSPS) is 12.7. The number of carbonyl (C=O) groups is 1. The molecule has 0 bridgehead atoms. The number of benzene rings is 1. The summed E-state index contributed by atoms with van der Waals surface area (Å²) >= 11 is 7.39. The first-order valence-electron chi connectivity index (χ1n) is 11.5. The molecule has 0 radical (unpaired) electrons. The van der Waals surface area contributed by atoms with Gasteiger partial charge in [0.05, 0.1) is 10.2 Å². The number of pyridine rings is 1. The van der Waals surface area contributed by atoms with Crippen LogP contribution in [0.5, 0.6) is 0 Å². The number of fused-ring (bicyclic) bond motifs is 1. The molecule has 0 fully saturated rings. The van der Waals surface area contributed by atoms with Crippen molar-refractivity contribution in [1.29, 1.82) is 0 Å². The van der Waals surface area contributed by atoms with Crippen LogP contribution in [0.3, 0.4) is 0 Å². The molecular weight excluding hydrogens is 466 g/mol. The first kappa shape index (κ1) is 25.9. The minimum atomic E-state index is -0.372. The molecule has 0 spiro atoms. The Bertz CT molecular complexity index is 1260. The van der Waals surface area contributed by atoms with Gasteiger partial charge in [0.25, 0.3) is 5.91 Å². The second-order valence-electron chi connectivity index (χ2n) is 8.43. The maximum atomic E-state index is 13.2. The van der Waals surface area contributed by atoms with Gasteiger partial charge in [0, 0.05) is 42.3 Å². The quantitative estimate of drug-likeness (QED) is 0.344. The Kier molecular flexibility index (Phi) is 9.28. The second kappa shape index (κ2) is 12.2. The van der Waals surface area contributed by atoms with E-state index in [0.717, 1.165) is 34.4 Å². The Hall–Kier alpha value is -2.67. The van der Waals surface area contributed by atoms with Crippen LogP contribution in [0, 0.1) is 6.92 Å². The van der Waals surface area contributed by atoms with E-state index in [4.69, 9.17) is 11.6 Å². The van der Waals surface area contributed by atoms with E-state index >= 15 is 0 Å². The van der Waals surface area contributed by atoms with E-state index in [1.165, 1.54) is 11.3 Å². The largest absolute Gasteiger partial charge is 0.349 e. The number of carbonyl (C=O) groups excluding carboxylic acids is 1. The number of aryl methyl sites for hydroxylation is 2. The topological polar surface area (TPSA) is 63.1 Å². The van der Waals surface area contributed by atoms with Crippen molar-refractivity contribution >= 4 is 39.1 Å². The molecule has 34 heavy (non-hydrogen) atoms. The number of aromatic nitrogens is 1. The lowest BCUT2D eigenvalue weighted by Gasteiger charge is -2.12. The third-order valence-corrected chi connectivity index (χ3v) is 7.30. The molecule has 3 rings (SSSR count). The average molecular weight is 498 g/mol. The Morgan fingerprint density at radius 2 is 1.94 bits per heavy atom. The van der Waals surface area contributed by atoms with E-state index in [9.17, 15) is 9.59 Å². The van der Waals surface area contributed by atoms with Crippen molar-refractivity contribution in [3.63, 3.8) is 0 Å². The summed E-state index contributed by atoms with van der Waals surface area (Å²) in [5.41, 5.74) is 2.83. The zero-order valence-electron chi connectivity index (χ0n) is 20.2. The van der Waals surface area contributed by atoms with Gasteiger partial charge in [0.15, 0.2) is 0 Å². The van der Waals surface area contributed by atoms with Crippen LogP contribution in [0.25, 0.3) is 10.2 Å². The fourth-order valence-corrected chi connectivity index (χ4v) is 5.15. The molecule has 2 heterocycles. The van der Waals surface area contributed by atoms with Crippen LogP contribution in [0.1, 0.15) is 53.1 Å². The summed E-state index contributed by atoms with van der Waals surface area (Å²) in [5, 5.41) is 7.06. The average Bonchev–Trinajstić information content (AvgIpc) is 3.16. The van der Waals surface area contributed by atoms with Gasteiger partial charge in [-0.05, 0) is 56.9 Å². The maximum Gasteiger partial charge on any atom is 0.257 e. The summed E-state index contributed by atoms with van der Waals surface area (Å²) in [6, 6.07) is 7.62. The fourth-order valence-electron chi connectivity index (χ4n) is 3.78. The van der Waals surface area contributed by atoms with E-state index in [1.54, 1.807) is 18.3 Å². The van der Waals surface area contributed by atoms with Gasteiger partial charge >= 0.3 is 0 Å². The number of thiophene rings is 1. The smallest absolute Gasteiger partial charge is 0.257 e. The lowest BCUT2D eigenvalue weighted by molar-refractivity contribution is 0.0949. The zero-order chi connectivity index (χ0) is 24.7. The highest BCUT2D eigenvalue weighted by Gasteiger charge is 2.19. The van der Waals surface area contributed by atoms with Gasteiger partial charge in [-0.3, -0.25) is 9.59 Å². The summed E-state index contributed by atoms with van der Waals surface area (Å²) in [4.78, 5) is 27.1. The molecule has 0 aliphatic carbocycles. The summed E-state index contributed by atoms with van der Waals surface area (Å²) < 4.78 is 2.51. The number of allylic oxidation sites excluding steroid dienone is 4.